The minimum atomic E-state index is -0.391. The number of furan rings is 1. The van der Waals surface area contributed by atoms with Crippen molar-refractivity contribution < 1.29 is 18.0 Å². The Morgan fingerprint density at radius 2 is 1.84 bits per heavy atom. The molecule has 1 amide bonds. The maximum absolute atomic E-state index is 14.9. The molecule has 0 radical (unpaired) electrons. The van der Waals surface area contributed by atoms with Crippen molar-refractivity contribution in [1.82, 2.24) is 19.7 Å². The molecule has 0 atom stereocenters. The lowest BCUT2D eigenvalue weighted by molar-refractivity contribution is 0.0964. The number of nitrogens with one attached hydrogen (secondary N) is 1. The third kappa shape index (κ3) is 4.46. The van der Waals surface area contributed by atoms with E-state index in [0.717, 1.165) is 22.2 Å². The number of nitrogens with zero attached hydrogens (tertiary/aromatic N) is 4. The number of aromatic nitrogens is 3. The number of benzene rings is 3. The summed E-state index contributed by atoms with van der Waals surface area (Å²) in [4.78, 5) is 22.9. The Labute approximate surface area is 260 Å². The highest BCUT2D eigenvalue weighted by Gasteiger charge is 2.25. The maximum Gasteiger partial charge on any atom is 0.255 e. The standard InChI is InChI=1S/C33H25F2N5O2S2/c1-36-33(41)31-22-11-20(27(39(2)43)14-29(22)42-32(31)17-7-9-18(34)10-8-17)24-12-21-25(15-37-24)38-30(16-44-3)40-26-6-4-5-23(35)19(26)13-28(21)40/h4-15,43H,16H2,1-3H3,(H,36,41). The summed E-state index contributed by atoms with van der Waals surface area (Å²) >= 11 is 6.24. The van der Waals surface area contributed by atoms with Crippen molar-refractivity contribution in [1.29, 1.82) is 0 Å². The Morgan fingerprint density at radius 1 is 1.05 bits per heavy atom. The summed E-state index contributed by atoms with van der Waals surface area (Å²) in [5.41, 5.74) is 5.58. The molecule has 7 nitrogen and oxygen atoms in total. The number of hydrogen-bond acceptors (Lipinski definition) is 7. The van der Waals surface area contributed by atoms with E-state index in [4.69, 9.17) is 14.4 Å². The number of thioether (sulfide) groups is 1. The number of fused-ring (bicyclic) bond motifs is 6. The molecule has 0 unspecified atom stereocenters. The number of rotatable bonds is 6. The van der Waals surface area contributed by atoms with Crippen LogP contribution in [0.5, 0.6) is 0 Å². The number of thiol groups is 1. The Kier molecular flexibility index (Phi) is 6.94. The average Bonchev–Trinajstić information content (AvgIpc) is 3.60. The molecule has 0 fully saturated rings. The van der Waals surface area contributed by atoms with Crippen LogP contribution in [0.3, 0.4) is 0 Å². The number of amides is 1. The lowest BCUT2D eigenvalue weighted by Gasteiger charge is -2.17. The highest BCUT2D eigenvalue weighted by atomic mass is 32.2. The van der Waals surface area contributed by atoms with E-state index in [-0.39, 0.29) is 11.7 Å². The molecular formula is C33H25F2N5O2S2. The summed E-state index contributed by atoms with van der Waals surface area (Å²) in [6.45, 7) is 0. The monoisotopic (exact) mass is 625 g/mol. The van der Waals surface area contributed by atoms with Crippen LogP contribution in [0, 0.1) is 11.6 Å². The second-order valence-corrected chi connectivity index (χ2v) is 11.8. The molecule has 11 heteroatoms. The molecule has 7 aromatic rings. The van der Waals surface area contributed by atoms with Crippen molar-refractivity contribution in [3.05, 3.63) is 95.9 Å². The van der Waals surface area contributed by atoms with Gasteiger partial charge in [-0.1, -0.05) is 18.9 Å². The molecule has 0 aliphatic heterocycles. The predicted octanol–water partition coefficient (Wildman–Crippen LogP) is 7.90. The van der Waals surface area contributed by atoms with Gasteiger partial charge in [-0.05, 0) is 60.9 Å². The number of halogens is 2. The molecule has 0 bridgehead atoms. The third-order valence-corrected chi connectivity index (χ3v) is 8.49. The van der Waals surface area contributed by atoms with Gasteiger partial charge in [0.2, 0.25) is 0 Å². The molecular weight excluding hydrogens is 601 g/mol. The van der Waals surface area contributed by atoms with Gasteiger partial charge >= 0.3 is 0 Å². The Balaban J connectivity index is 1.51. The smallest absolute Gasteiger partial charge is 0.255 e. The van der Waals surface area contributed by atoms with E-state index in [1.165, 1.54) is 18.2 Å². The zero-order valence-electron chi connectivity index (χ0n) is 23.9. The van der Waals surface area contributed by atoms with Crippen LogP contribution < -0.4 is 9.62 Å². The highest BCUT2D eigenvalue weighted by Crippen LogP contribution is 2.41. The number of pyridine rings is 1. The number of anilines is 1. The largest absolute Gasteiger partial charge is 0.455 e. The number of carbonyl (C=O) groups excluding carboxylic acids is 1. The molecule has 0 saturated heterocycles. The van der Waals surface area contributed by atoms with Crippen LogP contribution in [0.1, 0.15) is 16.2 Å². The van der Waals surface area contributed by atoms with E-state index < -0.39 is 5.82 Å². The van der Waals surface area contributed by atoms with Gasteiger partial charge in [0.05, 0.1) is 45.4 Å². The van der Waals surface area contributed by atoms with Crippen molar-refractivity contribution in [2.24, 2.45) is 0 Å². The lowest BCUT2D eigenvalue weighted by atomic mass is 10.00. The van der Waals surface area contributed by atoms with Gasteiger partial charge in [-0.3, -0.25) is 14.2 Å². The van der Waals surface area contributed by atoms with E-state index in [1.54, 1.807) is 60.6 Å². The van der Waals surface area contributed by atoms with Crippen LogP contribution in [0.15, 0.2) is 77.3 Å². The normalized spacial score (nSPS) is 11.7. The summed E-state index contributed by atoms with van der Waals surface area (Å²) in [5.74, 6) is 0.726. The Bertz CT molecular complexity index is 2260. The molecule has 4 heterocycles. The van der Waals surface area contributed by atoms with Crippen LogP contribution in [0.4, 0.5) is 14.5 Å². The SMILES string of the molecule is CNC(=O)c1c(-c2ccc(F)cc2)oc2cc(N(C)S)c(-c3cc4c(cn3)nc(CSC)n3c5cccc(F)c5cc43)cc12. The topological polar surface area (TPSA) is 75.7 Å². The van der Waals surface area contributed by atoms with Crippen molar-refractivity contribution in [2.45, 2.75) is 5.75 Å². The first-order valence-electron chi connectivity index (χ1n) is 13.7. The summed E-state index contributed by atoms with van der Waals surface area (Å²) in [6.07, 6.45) is 3.72. The second kappa shape index (κ2) is 10.8. The van der Waals surface area contributed by atoms with Gasteiger partial charge in [0.25, 0.3) is 5.91 Å². The summed E-state index contributed by atoms with van der Waals surface area (Å²) in [7, 11) is 3.33. The molecule has 0 aliphatic carbocycles. The van der Waals surface area contributed by atoms with Crippen molar-refractivity contribution >= 4 is 74.5 Å². The predicted molar refractivity (Wildman–Crippen MR) is 177 cm³/mol. The van der Waals surface area contributed by atoms with Gasteiger partial charge in [0.1, 0.15) is 28.8 Å². The van der Waals surface area contributed by atoms with Crippen molar-refractivity contribution in [3.8, 4) is 22.6 Å². The molecule has 0 saturated carbocycles. The molecule has 0 spiro atoms. The van der Waals surface area contributed by atoms with E-state index in [1.807, 2.05) is 34.9 Å². The highest BCUT2D eigenvalue weighted by molar-refractivity contribution is 7.97. The Hall–Kier alpha value is -4.61. The van der Waals surface area contributed by atoms with E-state index in [9.17, 15) is 13.6 Å². The third-order valence-electron chi connectivity index (χ3n) is 7.72. The van der Waals surface area contributed by atoms with E-state index in [2.05, 4.69) is 18.1 Å². The quantitative estimate of drug-likeness (QED) is 0.183. The fourth-order valence-electron chi connectivity index (χ4n) is 5.74. The van der Waals surface area contributed by atoms with E-state index in [0.29, 0.717) is 61.5 Å². The average molecular weight is 626 g/mol. The van der Waals surface area contributed by atoms with Crippen LogP contribution in [-0.4, -0.2) is 40.6 Å². The minimum absolute atomic E-state index is 0.299. The second-order valence-electron chi connectivity index (χ2n) is 10.4. The molecule has 0 aliphatic rings. The van der Waals surface area contributed by atoms with Crippen LogP contribution in [0.25, 0.3) is 60.9 Å². The van der Waals surface area contributed by atoms with Gasteiger partial charge in [0, 0.05) is 47.4 Å². The van der Waals surface area contributed by atoms with Crippen LogP contribution >= 0.6 is 24.6 Å². The van der Waals surface area contributed by atoms with Gasteiger partial charge in [-0.15, -0.1) is 0 Å². The molecule has 4 aromatic heterocycles. The van der Waals surface area contributed by atoms with Crippen molar-refractivity contribution in [2.75, 3.05) is 24.7 Å². The van der Waals surface area contributed by atoms with Gasteiger partial charge in [-0.2, -0.15) is 11.8 Å². The van der Waals surface area contributed by atoms with Crippen LogP contribution in [-0.2, 0) is 5.75 Å². The number of carbonyl (C=O) groups is 1. The maximum atomic E-state index is 14.9. The molecule has 1 N–H and O–H groups in total. The first-order chi connectivity index (χ1) is 21.3. The zero-order chi connectivity index (χ0) is 30.7. The Morgan fingerprint density at radius 3 is 2.57 bits per heavy atom. The molecule has 44 heavy (non-hydrogen) atoms. The van der Waals surface area contributed by atoms with Gasteiger partial charge < -0.3 is 14.0 Å². The first kappa shape index (κ1) is 28.2. The number of hydrogen-bond donors (Lipinski definition) is 2. The summed E-state index contributed by atoms with van der Waals surface area (Å²) < 4.78 is 38.5. The first-order valence-corrected chi connectivity index (χ1v) is 15.5. The van der Waals surface area contributed by atoms with Gasteiger partial charge in [0.15, 0.2) is 0 Å². The minimum Gasteiger partial charge on any atom is -0.455 e. The molecule has 220 valence electrons. The molecule has 3 aromatic carbocycles. The molecule has 7 rings (SSSR count). The van der Waals surface area contributed by atoms with E-state index >= 15 is 0 Å². The lowest BCUT2D eigenvalue weighted by Crippen LogP contribution is -2.18. The van der Waals surface area contributed by atoms with Crippen LogP contribution in [0.2, 0.25) is 0 Å². The van der Waals surface area contributed by atoms with Gasteiger partial charge in [-0.25, -0.2) is 13.8 Å². The fraction of sp³-hybridized carbons (Fsp3) is 0.121. The summed E-state index contributed by atoms with van der Waals surface area (Å²) in [6, 6.07) is 18.3. The fourth-order valence-corrected chi connectivity index (χ4v) is 6.35. The van der Waals surface area contributed by atoms with Crippen molar-refractivity contribution in [3.63, 3.8) is 0 Å². The summed E-state index contributed by atoms with van der Waals surface area (Å²) in [5, 5.41) is 4.58. The zero-order valence-corrected chi connectivity index (χ0v) is 25.6.